The molecule has 142 valence electrons. The average molecular weight is 369 g/mol. The molecule has 1 aromatic heterocycles. The first-order chi connectivity index (χ1) is 12.3. The second-order valence-corrected chi connectivity index (χ2v) is 5.67. The SMILES string of the molecule is CCC(C)Oc1nc(N(CC)c2ccc(OC)cc2)ncc1C(F)(F)F. The van der Waals surface area contributed by atoms with Gasteiger partial charge in [-0.1, -0.05) is 6.92 Å². The van der Waals surface area contributed by atoms with Crippen LogP contribution in [-0.4, -0.2) is 29.7 Å². The van der Waals surface area contributed by atoms with Crippen LogP contribution in [0, 0.1) is 0 Å². The summed E-state index contributed by atoms with van der Waals surface area (Å²) in [4.78, 5) is 9.67. The Balaban J connectivity index is 2.44. The molecule has 0 spiro atoms. The van der Waals surface area contributed by atoms with E-state index in [9.17, 15) is 13.2 Å². The van der Waals surface area contributed by atoms with Crippen molar-refractivity contribution in [1.29, 1.82) is 0 Å². The zero-order valence-corrected chi connectivity index (χ0v) is 15.2. The van der Waals surface area contributed by atoms with Gasteiger partial charge in [0, 0.05) is 18.4 Å². The largest absolute Gasteiger partial charge is 0.497 e. The minimum atomic E-state index is -4.58. The van der Waals surface area contributed by atoms with Crippen molar-refractivity contribution in [1.82, 2.24) is 9.97 Å². The van der Waals surface area contributed by atoms with Crippen molar-refractivity contribution < 1.29 is 22.6 Å². The van der Waals surface area contributed by atoms with Crippen LogP contribution >= 0.6 is 0 Å². The summed E-state index contributed by atoms with van der Waals surface area (Å²) < 4.78 is 50.2. The molecule has 1 atom stereocenters. The average Bonchev–Trinajstić information content (AvgIpc) is 2.62. The van der Waals surface area contributed by atoms with Gasteiger partial charge in [0.15, 0.2) is 0 Å². The minimum Gasteiger partial charge on any atom is -0.497 e. The molecule has 2 rings (SSSR count). The van der Waals surface area contributed by atoms with Gasteiger partial charge in [0.25, 0.3) is 0 Å². The van der Waals surface area contributed by atoms with E-state index < -0.39 is 23.7 Å². The monoisotopic (exact) mass is 369 g/mol. The number of halogens is 3. The van der Waals surface area contributed by atoms with Crippen LogP contribution in [-0.2, 0) is 6.18 Å². The Morgan fingerprint density at radius 2 is 1.81 bits per heavy atom. The summed E-state index contributed by atoms with van der Waals surface area (Å²) >= 11 is 0. The zero-order valence-electron chi connectivity index (χ0n) is 15.2. The first-order valence-corrected chi connectivity index (χ1v) is 8.32. The summed E-state index contributed by atoms with van der Waals surface area (Å²) in [5.41, 5.74) is -0.241. The number of hydrogen-bond acceptors (Lipinski definition) is 5. The maximum Gasteiger partial charge on any atom is 0.423 e. The fraction of sp³-hybridized carbons (Fsp3) is 0.444. The maximum absolute atomic E-state index is 13.2. The lowest BCUT2D eigenvalue weighted by Gasteiger charge is -2.23. The van der Waals surface area contributed by atoms with E-state index in [0.717, 1.165) is 11.9 Å². The first kappa shape index (κ1) is 19.8. The number of anilines is 2. The molecule has 8 heteroatoms. The summed E-state index contributed by atoms with van der Waals surface area (Å²) in [7, 11) is 1.56. The molecule has 1 unspecified atom stereocenters. The summed E-state index contributed by atoms with van der Waals surface area (Å²) in [6, 6.07) is 7.11. The van der Waals surface area contributed by atoms with E-state index in [1.165, 1.54) is 0 Å². The number of methoxy groups -OCH3 is 1. The smallest absolute Gasteiger partial charge is 0.423 e. The van der Waals surface area contributed by atoms with Gasteiger partial charge in [0.1, 0.15) is 11.3 Å². The van der Waals surface area contributed by atoms with Crippen molar-refractivity contribution in [2.45, 2.75) is 39.5 Å². The number of nitrogens with zero attached hydrogens (tertiary/aromatic N) is 3. The van der Waals surface area contributed by atoms with E-state index in [-0.39, 0.29) is 5.95 Å². The van der Waals surface area contributed by atoms with Gasteiger partial charge < -0.3 is 14.4 Å². The van der Waals surface area contributed by atoms with Gasteiger partial charge in [-0.2, -0.15) is 18.2 Å². The van der Waals surface area contributed by atoms with Gasteiger partial charge in [-0.25, -0.2) is 4.98 Å². The first-order valence-electron chi connectivity index (χ1n) is 8.32. The van der Waals surface area contributed by atoms with Crippen LogP contribution in [0.4, 0.5) is 24.8 Å². The molecule has 0 fully saturated rings. The quantitative estimate of drug-likeness (QED) is 0.699. The van der Waals surface area contributed by atoms with E-state index in [1.807, 2.05) is 13.8 Å². The van der Waals surface area contributed by atoms with Gasteiger partial charge in [0.05, 0.1) is 13.2 Å². The van der Waals surface area contributed by atoms with Crippen molar-refractivity contribution >= 4 is 11.6 Å². The van der Waals surface area contributed by atoms with Crippen LogP contribution in [0.15, 0.2) is 30.5 Å². The summed E-state index contributed by atoms with van der Waals surface area (Å²) in [5.74, 6) is 0.367. The summed E-state index contributed by atoms with van der Waals surface area (Å²) in [6.07, 6.45) is -3.65. The molecule has 0 saturated heterocycles. The predicted octanol–water partition coefficient (Wildman–Crippen LogP) is 4.84. The van der Waals surface area contributed by atoms with Gasteiger partial charge in [0.2, 0.25) is 11.8 Å². The Kier molecular flexibility index (Phi) is 6.28. The zero-order chi connectivity index (χ0) is 19.3. The Bertz CT molecular complexity index is 721. The van der Waals surface area contributed by atoms with Crippen LogP contribution in [0.25, 0.3) is 0 Å². The van der Waals surface area contributed by atoms with Gasteiger partial charge >= 0.3 is 6.18 Å². The third-order valence-corrected chi connectivity index (χ3v) is 3.88. The van der Waals surface area contributed by atoms with Crippen LogP contribution in [0.5, 0.6) is 11.6 Å². The topological polar surface area (TPSA) is 47.5 Å². The summed E-state index contributed by atoms with van der Waals surface area (Å²) in [6.45, 7) is 5.86. The molecule has 0 saturated carbocycles. The summed E-state index contributed by atoms with van der Waals surface area (Å²) in [5, 5.41) is 0. The number of hydrogen-bond donors (Lipinski definition) is 0. The standard InChI is InChI=1S/C18H22F3N3O2/c1-5-12(3)26-16-15(18(19,20)21)11-22-17(23-16)24(6-2)13-7-9-14(25-4)10-8-13/h7-12H,5-6H2,1-4H3. The molecule has 2 aromatic rings. The fourth-order valence-corrected chi connectivity index (χ4v) is 2.25. The molecule has 26 heavy (non-hydrogen) atoms. The van der Waals surface area contributed by atoms with E-state index in [0.29, 0.717) is 18.7 Å². The molecule has 0 aliphatic carbocycles. The number of alkyl halides is 3. The predicted molar refractivity (Wildman–Crippen MR) is 93.1 cm³/mol. The van der Waals surface area contributed by atoms with E-state index in [1.54, 1.807) is 43.2 Å². The van der Waals surface area contributed by atoms with Gasteiger partial charge in [-0.05, 0) is 44.5 Å². The molecule has 1 aromatic carbocycles. The van der Waals surface area contributed by atoms with Gasteiger partial charge in [-0.3, -0.25) is 0 Å². The molecule has 0 aliphatic heterocycles. The molecule has 5 nitrogen and oxygen atoms in total. The van der Waals surface area contributed by atoms with Gasteiger partial charge in [-0.15, -0.1) is 0 Å². The lowest BCUT2D eigenvalue weighted by Crippen LogP contribution is -2.22. The molecule has 0 bridgehead atoms. The lowest BCUT2D eigenvalue weighted by atomic mass is 10.2. The molecular formula is C18H22F3N3O2. The highest BCUT2D eigenvalue weighted by molar-refractivity contribution is 5.58. The minimum absolute atomic E-state index is 0.143. The van der Waals surface area contributed by atoms with Crippen molar-refractivity contribution in [3.8, 4) is 11.6 Å². The van der Waals surface area contributed by atoms with Crippen molar-refractivity contribution in [3.05, 3.63) is 36.0 Å². The Morgan fingerprint density at radius 1 is 1.15 bits per heavy atom. The highest BCUT2D eigenvalue weighted by atomic mass is 19.4. The molecular weight excluding hydrogens is 347 g/mol. The van der Waals surface area contributed by atoms with Crippen molar-refractivity contribution in [2.24, 2.45) is 0 Å². The number of benzene rings is 1. The second-order valence-electron chi connectivity index (χ2n) is 5.67. The molecule has 0 N–H and O–H groups in total. The third kappa shape index (κ3) is 4.56. The normalized spacial score (nSPS) is 12.6. The van der Waals surface area contributed by atoms with Crippen LogP contribution in [0.2, 0.25) is 0 Å². The highest BCUT2D eigenvalue weighted by Gasteiger charge is 2.37. The van der Waals surface area contributed by atoms with E-state index >= 15 is 0 Å². The van der Waals surface area contributed by atoms with Crippen molar-refractivity contribution in [2.75, 3.05) is 18.6 Å². The number of rotatable bonds is 7. The van der Waals surface area contributed by atoms with Crippen molar-refractivity contribution in [3.63, 3.8) is 0 Å². The maximum atomic E-state index is 13.2. The molecule has 0 aliphatic rings. The Hall–Kier alpha value is -2.51. The van der Waals surface area contributed by atoms with Crippen LogP contribution < -0.4 is 14.4 Å². The third-order valence-electron chi connectivity index (χ3n) is 3.88. The van der Waals surface area contributed by atoms with Crippen LogP contribution in [0.1, 0.15) is 32.8 Å². The van der Waals surface area contributed by atoms with Crippen LogP contribution in [0.3, 0.4) is 0 Å². The Labute approximate surface area is 150 Å². The second kappa shape index (κ2) is 8.25. The molecule has 0 radical (unpaired) electrons. The highest BCUT2D eigenvalue weighted by Crippen LogP contribution is 2.36. The Morgan fingerprint density at radius 3 is 2.31 bits per heavy atom. The van der Waals surface area contributed by atoms with E-state index in [4.69, 9.17) is 9.47 Å². The molecule has 0 amide bonds. The lowest BCUT2D eigenvalue weighted by molar-refractivity contribution is -0.139. The number of ether oxygens (including phenoxy) is 2. The fourth-order valence-electron chi connectivity index (χ4n) is 2.25. The molecule has 1 heterocycles. The number of aromatic nitrogens is 2. The van der Waals surface area contributed by atoms with E-state index in [2.05, 4.69) is 9.97 Å².